The van der Waals surface area contributed by atoms with Crippen molar-refractivity contribution in [3.05, 3.63) is 63.7 Å². The SMILES string of the molecule is COc1ccc(CN(C)Cc2ccc([N+](=O)[O-])cc2)cc1OC(C)C. The highest BCUT2D eigenvalue weighted by Gasteiger charge is 2.10. The summed E-state index contributed by atoms with van der Waals surface area (Å²) in [6.07, 6.45) is 0.0713. The number of ether oxygens (including phenoxy) is 2. The van der Waals surface area contributed by atoms with Crippen LogP contribution in [-0.4, -0.2) is 30.1 Å². The van der Waals surface area contributed by atoms with E-state index in [0.717, 1.165) is 29.2 Å². The zero-order chi connectivity index (χ0) is 18.4. The van der Waals surface area contributed by atoms with E-state index in [-0.39, 0.29) is 16.7 Å². The summed E-state index contributed by atoms with van der Waals surface area (Å²) in [4.78, 5) is 12.5. The zero-order valence-corrected chi connectivity index (χ0v) is 15.1. The van der Waals surface area contributed by atoms with Crippen LogP contribution in [0.4, 0.5) is 5.69 Å². The number of nitrogens with zero attached hydrogens (tertiary/aromatic N) is 2. The van der Waals surface area contributed by atoms with Crippen LogP contribution in [0.3, 0.4) is 0 Å². The number of hydrogen-bond acceptors (Lipinski definition) is 5. The molecule has 0 aliphatic carbocycles. The lowest BCUT2D eigenvalue weighted by molar-refractivity contribution is -0.384. The molecule has 0 saturated carbocycles. The van der Waals surface area contributed by atoms with Crippen molar-refractivity contribution in [1.29, 1.82) is 0 Å². The third-order valence-corrected chi connectivity index (χ3v) is 3.64. The molecule has 0 fully saturated rings. The van der Waals surface area contributed by atoms with Crippen LogP contribution in [0.15, 0.2) is 42.5 Å². The first kappa shape index (κ1) is 18.7. The average molecular weight is 344 g/mol. The Morgan fingerprint density at radius 2 is 1.64 bits per heavy atom. The Bertz CT molecular complexity index is 714. The van der Waals surface area contributed by atoms with Gasteiger partial charge in [0.15, 0.2) is 11.5 Å². The van der Waals surface area contributed by atoms with Gasteiger partial charge in [-0.25, -0.2) is 0 Å². The molecule has 0 saturated heterocycles. The first-order valence-electron chi connectivity index (χ1n) is 8.14. The fraction of sp³-hybridized carbons (Fsp3) is 0.368. The molecule has 0 aliphatic heterocycles. The molecular weight excluding hydrogens is 320 g/mol. The highest BCUT2D eigenvalue weighted by molar-refractivity contribution is 5.43. The molecule has 2 rings (SSSR count). The van der Waals surface area contributed by atoms with E-state index in [1.54, 1.807) is 19.2 Å². The molecule has 6 nitrogen and oxygen atoms in total. The van der Waals surface area contributed by atoms with Crippen molar-refractivity contribution in [2.45, 2.75) is 33.0 Å². The maximum absolute atomic E-state index is 10.7. The summed E-state index contributed by atoms with van der Waals surface area (Å²) in [5.41, 5.74) is 2.25. The molecular formula is C19H24N2O4. The van der Waals surface area contributed by atoms with E-state index in [0.29, 0.717) is 6.54 Å². The van der Waals surface area contributed by atoms with Crippen LogP contribution < -0.4 is 9.47 Å². The van der Waals surface area contributed by atoms with Crippen molar-refractivity contribution in [3.63, 3.8) is 0 Å². The van der Waals surface area contributed by atoms with Crippen molar-refractivity contribution in [2.24, 2.45) is 0 Å². The first-order chi connectivity index (χ1) is 11.9. The summed E-state index contributed by atoms with van der Waals surface area (Å²) in [6, 6.07) is 12.6. The molecule has 0 unspecified atom stereocenters. The van der Waals surface area contributed by atoms with E-state index in [1.807, 2.05) is 39.1 Å². The lowest BCUT2D eigenvalue weighted by Gasteiger charge is -2.19. The number of hydrogen-bond donors (Lipinski definition) is 0. The lowest BCUT2D eigenvalue weighted by atomic mass is 10.1. The van der Waals surface area contributed by atoms with E-state index in [2.05, 4.69) is 4.90 Å². The van der Waals surface area contributed by atoms with Gasteiger partial charge in [-0.15, -0.1) is 0 Å². The highest BCUT2D eigenvalue weighted by Crippen LogP contribution is 2.29. The maximum atomic E-state index is 10.7. The number of non-ortho nitro benzene ring substituents is 1. The van der Waals surface area contributed by atoms with Crippen LogP contribution in [0.1, 0.15) is 25.0 Å². The predicted octanol–water partition coefficient (Wildman–Crippen LogP) is 4.02. The number of nitro benzene ring substituents is 1. The molecule has 0 radical (unpaired) electrons. The van der Waals surface area contributed by atoms with Gasteiger partial charge < -0.3 is 9.47 Å². The van der Waals surface area contributed by atoms with Crippen LogP contribution in [0, 0.1) is 10.1 Å². The fourth-order valence-corrected chi connectivity index (χ4v) is 2.57. The van der Waals surface area contributed by atoms with Gasteiger partial charge in [0.25, 0.3) is 5.69 Å². The highest BCUT2D eigenvalue weighted by atomic mass is 16.6. The van der Waals surface area contributed by atoms with Crippen molar-refractivity contribution >= 4 is 5.69 Å². The molecule has 0 amide bonds. The Morgan fingerprint density at radius 1 is 1.04 bits per heavy atom. The number of nitro groups is 1. The molecule has 134 valence electrons. The molecule has 0 aliphatic rings. The van der Waals surface area contributed by atoms with Gasteiger partial charge in [0.2, 0.25) is 0 Å². The quantitative estimate of drug-likeness (QED) is 0.534. The van der Waals surface area contributed by atoms with Gasteiger partial charge in [0.05, 0.1) is 18.1 Å². The summed E-state index contributed by atoms with van der Waals surface area (Å²) in [5.74, 6) is 1.45. The van der Waals surface area contributed by atoms with E-state index >= 15 is 0 Å². The van der Waals surface area contributed by atoms with Crippen molar-refractivity contribution in [2.75, 3.05) is 14.2 Å². The Hall–Kier alpha value is -2.60. The van der Waals surface area contributed by atoms with Gasteiger partial charge in [-0.3, -0.25) is 15.0 Å². The van der Waals surface area contributed by atoms with Gasteiger partial charge in [0.1, 0.15) is 0 Å². The average Bonchev–Trinajstić information content (AvgIpc) is 2.55. The van der Waals surface area contributed by atoms with Crippen LogP contribution in [0.25, 0.3) is 0 Å². The van der Waals surface area contributed by atoms with Crippen molar-refractivity contribution in [1.82, 2.24) is 4.90 Å². The van der Waals surface area contributed by atoms with Crippen LogP contribution in [-0.2, 0) is 13.1 Å². The number of methoxy groups -OCH3 is 1. The second-order valence-electron chi connectivity index (χ2n) is 6.25. The summed E-state index contributed by atoms with van der Waals surface area (Å²) in [5, 5.41) is 10.7. The van der Waals surface area contributed by atoms with Crippen LogP contribution in [0.2, 0.25) is 0 Å². The normalized spacial score (nSPS) is 11.0. The lowest BCUT2D eigenvalue weighted by Crippen LogP contribution is -2.17. The van der Waals surface area contributed by atoms with Crippen molar-refractivity contribution in [3.8, 4) is 11.5 Å². The summed E-state index contributed by atoms with van der Waals surface area (Å²) < 4.78 is 11.1. The molecule has 0 aromatic heterocycles. The minimum absolute atomic E-state index is 0.0713. The maximum Gasteiger partial charge on any atom is 0.269 e. The van der Waals surface area contributed by atoms with E-state index in [1.165, 1.54) is 12.1 Å². The minimum Gasteiger partial charge on any atom is -0.493 e. The molecule has 0 spiro atoms. The van der Waals surface area contributed by atoms with Crippen LogP contribution in [0.5, 0.6) is 11.5 Å². The summed E-state index contributed by atoms with van der Waals surface area (Å²) in [6.45, 7) is 5.39. The molecule has 0 bridgehead atoms. The third kappa shape index (κ3) is 5.46. The number of rotatable bonds is 8. The zero-order valence-electron chi connectivity index (χ0n) is 15.1. The summed E-state index contributed by atoms with van der Waals surface area (Å²) in [7, 11) is 3.64. The Kier molecular flexibility index (Phi) is 6.36. The Labute approximate surface area is 148 Å². The molecule has 0 atom stereocenters. The second-order valence-corrected chi connectivity index (χ2v) is 6.25. The molecule has 25 heavy (non-hydrogen) atoms. The largest absolute Gasteiger partial charge is 0.493 e. The Balaban J connectivity index is 2.04. The third-order valence-electron chi connectivity index (χ3n) is 3.64. The second kappa shape index (κ2) is 8.48. The molecule has 2 aromatic carbocycles. The van der Waals surface area contributed by atoms with Crippen molar-refractivity contribution < 1.29 is 14.4 Å². The van der Waals surface area contributed by atoms with Gasteiger partial charge in [0, 0.05) is 25.2 Å². The summed E-state index contributed by atoms with van der Waals surface area (Å²) >= 11 is 0. The van der Waals surface area contributed by atoms with Gasteiger partial charge in [-0.2, -0.15) is 0 Å². The topological polar surface area (TPSA) is 64.8 Å². The first-order valence-corrected chi connectivity index (χ1v) is 8.14. The molecule has 0 N–H and O–H groups in total. The van der Waals surface area contributed by atoms with Gasteiger partial charge in [-0.05, 0) is 44.2 Å². The van der Waals surface area contributed by atoms with E-state index < -0.39 is 0 Å². The molecule has 0 heterocycles. The molecule has 6 heteroatoms. The Morgan fingerprint density at radius 3 is 2.20 bits per heavy atom. The van der Waals surface area contributed by atoms with E-state index in [9.17, 15) is 10.1 Å². The smallest absolute Gasteiger partial charge is 0.269 e. The van der Waals surface area contributed by atoms with Gasteiger partial charge >= 0.3 is 0 Å². The fourth-order valence-electron chi connectivity index (χ4n) is 2.57. The van der Waals surface area contributed by atoms with Gasteiger partial charge in [-0.1, -0.05) is 18.2 Å². The molecule has 2 aromatic rings. The standard InChI is InChI=1S/C19H24N2O4/c1-14(2)25-19-11-16(7-10-18(19)24-4)13-20(3)12-15-5-8-17(9-6-15)21(22)23/h5-11,14H,12-13H2,1-4H3. The number of benzene rings is 2. The van der Waals surface area contributed by atoms with E-state index in [4.69, 9.17) is 9.47 Å². The minimum atomic E-state index is -0.388. The predicted molar refractivity (Wildman–Crippen MR) is 97.0 cm³/mol. The van der Waals surface area contributed by atoms with Crippen LogP contribution >= 0.6 is 0 Å². The monoisotopic (exact) mass is 344 g/mol.